The molecule has 4 nitrogen and oxygen atoms in total. The normalized spacial score (nSPS) is 23.2. The molecule has 2 atom stereocenters. The Labute approximate surface area is 142 Å². The van der Waals surface area contributed by atoms with Gasteiger partial charge in [0.2, 0.25) is 0 Å². The number of allylic oxidation sites excluding steroid dienone is 8. The van der Waals surface area contributed by atoms with Gasteiger partial charge in [-0.3, -0.25) is 9.59 Å². The molecule has 2 aliphatic carbocycles. The zero-order valence-electron chi connectivity index (χ0n) is 14.2. The van der Waals surface area contributed by atoms with Gasteiger partial charge in [0.1, 0.15) is 0 Å². The predicted molar refractivity (Wildman–Crippen MR) is 93.2 cm³/mol. The second-order valence-corrected chi connectivity index (χ2v) is 6.08. The minimum atomic E-state index is -0.184. The van der Waals surface area contributed by atoms with Gasteiger partial charge in [0, 0.05) is 23.0 Å². The fourth-order valence-corrected chi connectivity index (χ4v) is 2.99. The quantitative estimate of drug-likeness (QED) is 0.785. The van der Waals surface area contributed by atoms with Crippen LogP contribution in [0.25, 0.3) is 0 Å². The number of carbonyl (C=O) groups excluding carboxylic acids is 2. The summed E-state index contributed by atoms with van der Waals surface area (Å²) >= 11 is 0. The van der Waals surface area contributed by atoms with E-state index in [4.69, 9.17) is 0 Å². The maximum absolute atomic E-state index is 12.1. The van der Waals surface area contributed by atoms with Crippen LogP contribution in [0.1, 0.15) is 26.7 Å². The van der Waals surface area contributed by atoms with Crippen molar-refractivity contribution in [2.75, 3.05) is 13.2 Å². The smallest absolute Gasteiger partial charge is 0.182 e. The van der Waals surface area contributed by atoms with Crippen LogP contribution < -0.4 is 0 Å². The Morgan fingerprint density at radius 3 is 1.42 bits per heavy atom. The molecule has 0 aromatic rings. The van der Waals surface area contributed by atoms with Crippen molar-refractivity contribution < 1.29 is 19.8 Å². The van der Waals surface area contributed by atoms with Crippen molar-refractivity contribution in [2.45, 2.75) is 26.7 Å². The molecular formula is C20H24O4. The molecular weight excluding hydrogens is 304 g/mol. The molecule has 0 saturated heterocycles. The monoisotopic (exact) mass is 328 g/mol. The highest BCUT2D eigenvalue weighted by atomic mass is 16.3. The van der Waals surface area contributed by atoms with Crippen molar-refractivity contribution >= 4 is 11.6 Å². The third-order valence-electron chi connectivity index (χ3n) is 4.66. The lowest BCUT2D eigenvalue weighted by Gasteiger charge is -2.20. The summed E-state index contributed by atoms with van der Waals surface area (Å²) in [6, 6.07) is 0. The molecule has 128 valence electrons. The zero-order chi connectivity index (χ0) is 17.7. The molecule has 0 heterocycles. The van der Waals surface area contributed by atoms with Crippen LogP contribution in [0.5, 0.6) is 0 Å². The van der Waals surface area contributed by atoms with Gasteiger partial charge in [-0.1, -0.05) is 26.0 Å². The van der Waals surface area contributed by atoms with E-state index in [1.807, 2.05) is 13.8 Å². The SMILES string of the molecule is CCC(CO)C1=C/C(=C2\C=CC(=O)C(C(CC)CO)=C2)C=CC1=O. The van der Waals surface area contributed by atoms with Gasteiger partial charge in [-0.15, -0.1) is 0 Å². The molecule has 0 aromatic heterocycles. The van der Waals surface area contributed by atoms with Crippen LogP contribution >= 0.6 is 0 Å². The first-order valence-corrected chi connectivity index (χ1v) is 8.39. The van der Waals surface area contributed by atoms with E-state index in [1.165, 1.54) is 12.2 Å². The number of ketones is 2. The summed E-state index contributed by atoms with van der Waals surface area (Å²) in [5.74, 6) is -0.530. The Balaban J connectivity index is 2.47. The molecule has 2 aliphatic rings. The van der Waals surface area contributed by atoms with E-state index in [9.17, 15) is 19.8 Å². The van der Waals surface area contributed by atoms with Crippen molar-refractivity contribution in [2.24, 2.45) is 11.8 Å². The van der Waals surface area contributed by atoms with E-state index >= 15 is 0 Å². The third-order valence-corrected chi connectivity index (χ3v) is 4.66. The molecule has 0 aromatic carbocycles. The first-order valence-electron chi connectivity index (χ1n) is 8.39. The van der Waals surface area contributed by atoms with Gasteiger partial charge in [0.15, 0.2) is 11.6 Å². The first kappa shape index (κ1) is 18.3. The van der Waals surface area contributed by atoms with Crippen molar-refractivity contribution in [3.8, 4) is 0 Å². The van der Waals surface area contributed by atoms with E-state index < -0.39 is 0 Å². The summed E-state index contributed by atoms with van der Waals surface area (Å²) < 4.78 is 0. The lowest BCUT2D eigenvalue weighted by Crippen LogP contribution is -2.18. The lowest BCUT2D eigenvalue weighted by molar-refractivity contribution is -0.112. The Morgan fingerprint density at radius 2 is 1.12 bits per heavy atom. The van der Waals surface area contributed by atoms with Gasteiger partial charge in [-0.2, -0.15) is 0 Å². The van der Waals surface area contributed by atoms with Gasteiger partial charge in [0.25, 0.3) is 0 Å². The summed E-state index contributed by atoms with van der Waals surface area (Å²) in [6.45, 7) is 3.74. The fourth-order valence-electron chi connectivity index (χ4n) is 2.99. The summed E-state index contributed by atoms with van der Waals surface area (Å²) in [5, 5.41) is 18.9. The van der Waals surface area contributed by atoms with Crippen LogP contribution in [-0.2, 0) is 9.59 Å². The topological polar surface area (TPSA) is 74.6 Å². The van der Waals surface area contributed by atoms with Crippen LogP contribution in [0, 0.1) is 11.8 Å². The largest absolute Gasteiger partial charge is 0.396 e. The highest BCUT2D eigenvalue weighted by Gasteiger charge is 2.23. The minimum Gasteiger partial charge on any atom is -0.396 e. The van der Waals surface area contributed by atoms with Crippen LogP contribution in [0.2, 0.25) is 0 Å². The third kappa shape index (κ3) is 3.71. The summed E-state index contributed by atoms with van der Waals surface area (Å²) in [5.41, 5.74) is 2.87. The van der Waals surface area contributed by atoms with E-state index in [-0.39, 0.29) is 36.6 Å². The molecule has 4 heteroatoms. The van der Waals surface area contributed by atoms with E-state index in [1.54, 1.807) is 24.3 Å². The maximum atomic E-state index is 12.1. The number of hydrogen-bond acceptors (Lipinski definition) is 4. The van der Waals surface area contributed by atoms with Crippen LogP contribution in [-0.4, -0.2) is 35.0 Å². The van der Waals surface area contributed by atoms with E-state index in [0.717, 1.165) is 11.1 Å². The molecule has 2 unspecified atom stereocenters. The average Bonchev–Trinajstić information content (AvgIpc) is 2.60. The number of hydrogen-bond donors (Lipinski definition) is 2. The molecule has 0 aliphatic heterocycles. The molecule has 0 saturated carbocycles. The minimum absolute atomic E-state index is 0.0671. The van der Waals surface area contributed by atoms with Crippen LogP contribution in [0.3, 0.4) is 0 Å². The van der Waals surface area contributed by atoms with Gasteiger partial charge < -0.3 is 10.2 Å². The molecule has 0 radical (unpaired) electrons. The Hall–Kier alpha value is -2.04. The highest BCUT2D eigenvalue weighted by Crippen LogP contribution is 2.29. The van der Waals surface area contributed by atoms with Crippen molar-refractivity contribution in [3.05, 3.63) is 58.7 Å². The summed E-state index contributed by atoms with van der Waals surface area (Å²) in [7, 11) is 0. The molecule has 2 N–H and O–H groups in total. The van der Waals surface area contributed by atoms with Gasteiger partial charge in [0.05, 0.1) is 13.2 Å². The lowest BCUT2D eigenvalue weighted by atomic mass is 9.84. The zero-order valence-corrected chi connectivity index (χ0v) is 14.2. The molecule has 0 bridgehead atoms. The Kier molecular flexibility index (Phi) is 6.23. The van der Waals surface area contributed by atoms with Crippen LogP contribution in [0.4, 0.5) is 0 Å². The molecule has 2 rings (SSSR count). The second-order valence-electron chi connectivity index (χ2n) is 6.08. The number of aliphatic hydroxyl groups is 2. The van der Waals surface area contributed by atoms with E-state index in [2.05, 4.69) is 0 Å². The van der Waals surface area contributed by atoms with Gasteiger partial charge in [-0.05, 0) is 48.3 Å². The predicted octanol–water partition coefficient (Wildman–Crippen LogP) is 2.45. The molecule has 0 fully saturated rings. The fraction of sp³-hybridized carbons (Fsp3) is 0.400. The molecule has 0 spiro atoms. The van der Waals surface area contributed by atoms with Gasteiger partial charge >= 0.3 is 0 Å². The molecule has 24 heavy (non-hydrogen) atoms. The number of rotatable bonds is 6. The van der Waals surface area contributed by atoms with Crippen molar-refractivity contribution in [1.29, 1.82) is 0 Å². The number of aliphatic hydroxyl groups excluding tert-OH is 2. The van der Waals surface area contributed by atoms with Crippen molar-refractivity contribution in [1.82, 2.24) is 0 Å². The standard InChI is InChI=1S/C20H24O4/c1-3-13(11-21)17-9-15(5-7-19(17)23)16-6-8-20(24)18(10-16)14(4-2)12-22/h5-10,13-14,21-22H,3-4,11-12H2,1-2H3/b16-15+. The summed E-state index contributed by atoms with van der Waals surface area (Å²) in [4.78, 5) is 24.2. The summed E-state index contributed by atoms with van der Waals surface area (Å²) in [6.07, 6.45) is 11.5. The average molecular weight is 328 g/mol. The van der Waals surface area contributed by atoms with Crippen LogP contribution in [0.15, 0.2) is 58.7 Å². The number of carbonyl (C=O) groups is 2. The molecule has 0 amide bonds. The van der Waals surface area contributed by atoms with Crippen molar-refractivity contribution in [3.63, 3.8) is 0 Å². The first-order chi connectivity index (χ1) is 11.5. The highest BCUT2D eigenvalue weighted by molar-refractivity contribution is 6.08. The maximum Gasteiger partial charge on any atom is 0.182 e. The van der Waals surface area contributed by atoms with E-state index in [0.29, 0.717) is 24.0 Å². The Morgan fingerprint density at radius 1 is 0.750 bits per heavy atom. The van der Waals surface area contributed by atoms with Gasteiger partial charge in [-0.25, -0.2) is 0 Å². The second kappa shape index (κ2) is 8.18. The Bertz CT molecular complexity index is 608.